The van der Waals surface area contributed by atoms with E-state index in [1.165, 1.54) is 24.1 Å². The van der Waals surface area contributed by atoms with Gasteiger partial charge in [0.2, 0.25) is 0 Å². The molecule has 2 fully saturated rings. The summed E-state index contributed by atoms with van der Waals surface area (Å²) in [5.74, 6) is -2.41. The molecule has 0 spiro atoms. The minimum absolute atomic E-state index is 0.0478. The summed E-state index contributed by atoms with van der Waals surface area (Å²) < 4.78 is 16.8. The number of fused-ring (bicyclic) bond motifs is 2. The van der Waals surface area contributed by atoms with Gasteiger partial charge in [0.05, 0.1) is 22.6 Å². The number of nitrogens with zero attached hydrogens (tertiary/aromatic N) is 2. The van der Waals surface area contributed by atoms with Crippen molar-refractivity contribution in [3.05, 3.63) is 35.4 Å². The van der Waals surface area contributed by atoms with Gasteiger partial charge in [-0.3, -0.25) is 23.5 Å². The standard InChI is InChI=1S/C17H14Br2N2O6S/c1-27-16(25)11-17(19,6-18)7-28(26)15-10(14(24)21(11)15)20-12(22)8-4-2-3-5-9(8)13(20)23/h2-5,10-11,15H,6-7H2,1H3/t10-,11+,15-,17-,28?/m1/s1. The molecule has 3 aliphatic rings. The van der Waals surface area contributed by atoms with Gasteiger partial charge >= 0.3 is 5.97 Å². The van der Waals surface area contributed by atoms with Crippen molar-refractivity contribution >= 4 is 66.4 Å². The second-order valence-corrected chi connectivity index (χ2v) is 10.4. The van der Waals surface area contributed by atoms with Gasteiger partial charge in [-0.05, 0) is 12.1 Å². The van der Waals surface area contributed by atoms with Crippen molar-refractivity contribution in [1.82, 2.24) is 9.80 Å². The Morgan fingerprint density at radius 1 is 1.25 bits per heavy atom. The molecule has 0 radical (unpaired) electrons. The highest BCUT2D eigenvalue weighted by atomic mass is 79.9. The second kappa shape index (κ2) is 6.74. The molecule has 3 heterocycles. The Morgan fingerprint density at radius 3 is 2.32 bits per heavy atom. The number of hydrogen-bond acceptors (Lipinski definition) is 6. The molecule has 4 rings (SSSR count). The fourth-order valence-electron chi connectivity index (χ4n) is 3.91. The molecule has 1 aromatic rings. The van der Waals surface area contributed by atoms with E-state index >= 15 is 0 Å². The Labute approximate surface area is 179 Å². The van der Waals surface area contributed by atoms with Gasteiger partial charge in [0.1, 0.15) is 11.4 Å². The van der Waals surface area contributed by atoms with Crippen LogP contribution in [0.15, 0.2) is 24.3 Å². The Bertz CT molecular complexity index is 920. The Hall–Kier alpha value is -1.59. The van der Waals surface area contributed by atoms with Crippen molar-refractivity contribution in [3.63, 3.8) is 0 Å². The SMILES string of the molecule is COC(=O)[C@@H]1N2C(=O)[C@@H](N3C(=O)c4ccccc4C3=O)[C@H]2S(=O)C[C@]1(Br)CBr. The lowest BCUT2D eigenvalue weighted by Gasteiger charge is -2.57. The molecule has 0 bridgehead atoms. The highest BCUT2D eigenvalue weighted by Gasteiger charge is 2.67. The van der Waals surface area contributed by atoms with Gasteiger partial charge in [0.25, 0.3) is 17.7 Å². The van der Waals surface area contributed by atoms with E-state index in [9.17, 15) is 23.4 Å². The van der Waals surface area contributed by atoms with Gasteiger partial charge in [0, 0.05) is 21.9 Å². The molecule has 0 saturated carbocycles. The van der Waals surface area contributed by atoms with Crippen LogP contribution in [-0.4, -0.2) is 77.7 Å². The molecule has 3 amide bonds. The van der Waals surface area contributed by atoms with Gasteiger partial charge in [-0.2, -0.15) is 0 Å². The predicted molar refractivity (Wildman–Crippen MR) is 106 cm³/mol. The summed E-state index contributed by atoms with van der Waals surface area (Å²) in [7, 11) is -0.400. The van der Waals surface area contributed by atoms with Crippen LogP contribution in [0.4, 0.5) is 0 Å². The number of hydrogen-bond donors (Lipinski definition) is 0. The summed E-state index contributed by atoms with van der Waals surface area (Å²) in [5, 5.41) is -0.705. The highest BCUT2D eigenvalue weighted by molar-refractivity contribution is 9.12. The minimum Gasteiger partial charge on any atom is -0.467 e. The minimum atomic E-state index is -1.60. The highest BCUT2D eigenvalue weighted by Crippen LogP contribution is 2.45. The van der Waals surface area contributed by atoms with Crippen molar-refractivity contribution in [1.29, 1.82) is 0 Å². The topological polar surface area (TPSA) is 101 Å². The van der Waals surface area contributed by atoms with Gasteiger partial charge < -0.3 is 9.64 Å². The molecule has 3 aliphatic heterocycles. The number of ether oxygens (including phenoxy) is 1. The van der Waals surface area contributed by atoms with E-state index in [2.05, 4.69) is 31.9 Å². The fraction of sp³-hybridized carbons (Fsp3) is 0.412. The summed E-state index contributed by atoms with van der Waals surface area (Å²) in [4.78, 5) is 53.0. The summed E-state index contributed by atoms with van der Waals surface area (Å²) in [6.07, 6.45) is 0. The lowest BCUT2D eigenvalue weighted by atomic mass is 9.93. The van der Waals surface area contributed by atoms with Gasteiger partial charge in [0.15, 0.2) is 6.04 Å². The Morgan fingerprint density at radius 2 is 1.82 bits per heavy atom. The zero-order valence-corrected chi connectivity index (χ0v) is 18.5. The molecule has 0 aromatic heterocycles. The van der Waals surface area contributed by atoms with Crippen LogP contribution in [0, 0.1) is 0 Å². The zero-order chi connectivity index (χ0) is 20.4. The number of esters is 1. The first kappa shape index (κ1) is 19.7. The normalized spacial score (nSPS) is 34.0. The Kier molecular flexibility index (Phi) is 4.74. The average molecular weight is 534 g/mol. The number of amides is 3. The van der Waals surface area contributed by atoms with Crippen LogP contribution in [0.2, 0.25) is 0 Å². The molecule has 11 heteroatoms. The van der Waals surface area contributed by atoms with Crippen LogP contribution in [0.1, 0.15) is 20.7 Å². The largest absolute Gasteiger partial charge is 0.467 e. The maximum atomic E-state index is 13.0. The third-order valence-corrected chi connectivity index (χ3v) is 10.2. The molecule has 1 aromatic carbocycles. The van der Waals surface area contributed by atoms with E-state index in [0.29, 0.717) is 0 Å². The second-order valence-electron chi connectivity index (χ2n) is 6.73. The van der Waals surface area contributed by atoms with Gasteiger partial charge in [-0.15, -0.1) is 0 Å². The van der Waals surface area contributed by atoms with E-state index in [0.717, 1.165) is 4.90 Å². The zero-order valence-electron chi connectivity index (χ0n) is 14.5. The molecule has 2 saturated heterocycles. The number of imide groups is 1. The third kappa shape index (κ3) is 2.48. The summed E-state index contributed by atoms with van der Waals surface area (Å²) in [5.41, 5.74) is 0.417. The first-order valence-electron chi connectivity index (χ1n) is 8.26. The Balaban J connectivity index is 1.72. The molecule has 5 atom stereocenters. The monoisotopic (exact) mass is 532 g/mol. The summed E-state index contributed by atoms with van der Waals surface area (Å²) in [6, 6.07) is 4.05. The van der Waals surface area contributed by atoms with Crippen LogP contribution in [0.5, 0.6) is 0 Å². The molecule has 0 N–H and O–H groups in total. The van der Waals surface area contributed by atoms with Crippen LogP contribution in [-0.2, 0) is 25.1 Å². The lowest BCUT2D eigenvalue weighted by molar-refractivity contribution is -0.167. The maximum absolute atomic E-state index is 13.0. The van der Waals surface area contributed by atoms with E-state index in [1.54, 1.807) is 12.1 Å². The number of benzene rings is 1. The number of carbonyl (C=O) groups excluding carboxylic acids is 4. The number of halogens is 2. The van der Waals surface area contributed by atoms with Crippen LogP contribution in [0.25, 0.3) is 0 Å². The third-order valence-electron chi connectivity index (χ3n) is 5.22. The smallest absolute Gasteiger partial charge is 0.330 e. The first-order valence-corrected chi connectivity index (χ1v) is 11.6. The quantitative estimate of drug-likeness (QED) is 0.245. The first-order chi connectivity index (χ1) is 13.3. The van der Waals surface area contributed by atoms with E-state index in [-0.39, 0.29) is 22.2 Å². The van der Waals surface area contributed by atoms with Gasteiger partial charge in [-0.25, -0.2) is 4.79 Å². The number of rotatable bonds is 3. The van der Waals surface area contributed by atoms with E-state index in [4.69, 9.17) is 4.74 Å². The fourth-order valence-corrected chi connectivity index (χ4v) is 7.67. The van der Waals surface area contributed by atoms with E-state index < -0.39 is 56.3 Å². The molecular formula is C17H14Br2N2O6S. The lowest BCUT2D eigenvalue weighted by Crippen LogP contribution is -2.82. The van der Waals surface area contributed by atoms with Crippen molar-refractivity contribution in [2.75, 3.05) is 18.2 Å². The molecule has 0 aliphatic carbocycles. The van der Waals surface area contributed by atoms with E-state index in [1.807, 2.05) is 0 Å². The summed E-state index contributed by atoms with van der Waals surface area (Å²) in [6.45, 7) is 0. The number of alkyl halides is 2. The van der Waals surface area contributed by atoms with Crippen molar-refractivity contribution in [3.8, 4) is 0 Å². The van der Waals surface area contributed by atoms with Crippen molar-refractivity contribution in [2.45, 2.75) is 21.8 Å². The van der Waals surface area contributed by atoms with Crippen LogP contribution < -0.4 is 0 Å². The molecule has 8 nitrogen and oxygen atoms in total. The number of β-lactam (4-membered cyclic amide) rings is 1. The van der Waals surface area contributed by atoms with Crippen LogP contribution >= 0.6 is 31.9 Å². The molecular weight excluding hydrogens is 520 g/mol. The average Bonchev–Trinajstić information content (AvgIpc) is 2.93. The number of methoxy groups -OCH3 is 1. The molecule has 1 unspecified atom stereocenters. The van der Waals surface area contributed by atoms with Crippen molar-refractivity contribution in [2.24, 2.45) is 0 Å². The molecule has 28 heavy (non-hydrogen) atoms. The molecule has 148 valence electrons. The maximum Gasteiger partial charge on any atom is 0.330 e. The van der Waals surface area contributed by atoms with Gasteiger partial charge in [-0.1, -0.05) is 44.0 Å². The summed E-state index contributed by atoms with van der Waals surface area (Å²) >= 11 is 6.74. The predicted octanol–water partition coefficient (Wildman–Crippen LogP) is 0.652. The van der Waals surface area contributed by atoms with Crippen LogP contribution in [0.3, 0.4) is 0 Å². The van der Waals surface area contributed by atoms with Crippen molar-refractivity contribution < 1.29 is 28.1 Å². The number of carbonyl (C=O) groups is 4.